The van der Waals surface area contributed by atoms with E-state index in [1.54, 1.807) is 0 Å². The number of hydrogen-bond donors (Lipinski definition) is 0. The summed E-state index contributed by atoms with van der Waals surface area (Å²) in [5.41, 5.74) is 24.5. The third-order valence-corrected chi connectivity index (χ3v) is 20.7. The van der Waals surface area contributed by atoms with Crippen molar-refractivity contribution in [3.63, 3.8) is 0 Å². The van der Waals surface area contributed by atoms with Gasteiger partial charge in [0.05, 0.1) is 10.4 Å². The summed E-state index contributed by atoms with van der Waals surface area (Å²) < 4.78 is 2.74. The highest BCUT2D eigenvalue weighted by atomic mass is 32.1. The molecule has 1 aromatic heterocycles. The predicted octanol–water partition coefficient (Wildman–Crippen LogP) is 17.8. The molecule has 6 aromatic carbocycles. The number of rotatable bonds is 2. The lowest BCUT2D eigenvalue weighted by Crippen LogP contribution is -2.62. The van der Waals surface area contributed by atoms with Crippen molar-refractivity contribution in [2.24, 2.45) is 0 Å². The Morgan fingerprint density at radius 2 is 0.889 bits per heavy atom. The fourth-order valence-corrected chi connectivity index (χ4v) is 15.6. The van der Waals surface area contributed by atoms with E-state index in [0.29, 0.717) is 0 Å². The van der Waals surface area contributed by atoms with Crippen LogP contribution in [0.3, 0.4) is 0 Å². The first-order chi connectivity index (χ1) is 33.4. The fourth-order valence-electron chi connectivity index (χ4n) is 14.4. The number of benzene rings is 6. The van der Waals surface area contributed by atoms with Crippen LogP contribution in [0.4, 0.5) is 34.1 Å². The van der Waals surface area contributed by atoms with Crippen LogP contribution < -0.4 is 26.2 Å². The molecule has 372 valence electrons. The first-order valence-electron chi connectivity index (χ1n) is 27.7. The number of nitrogens with zero attached hydrogens (tertiary/aromatic N) is 2. The van der Waals surface area contributed by atoms with Gasteiger partial charge < -0.3 is 9.80 Å². The third kappa shape index (κ3) is 6.91. The molecule has 0 amide bonds. The van der Waals surface area contributed by atoms with Crippen LogP contribution in [0, 0.1) is 0 Å². The Hall–Kier alpha value is -4.80. The van der Waals surface area contributed by atoms with Crippen molar-refractivity contribution in [3.05, 3.63) is 136 Å². The van der Waals surface area contributed by atoms with Gasteiger partial charge in [0.1, 0.15) is 0 Å². The van der Waals surface area contributed by atoms with Crippen LogP contribution in [0.2, 0.25) is 0 Å². The molecule has 72 heavy (non-hydrogen) atoms. The van der Waals surface area contributed by atoms with Crippen LogP contribution in [-0.4, -0.2) is 6.71 Å². The van der Waals surface area contributed by atoms with E-state index in [-0.39, 0.29) is 50.0 Å². The number of fused-ring (bicyclic) bond motifs is 10. The molecule has 0 saturated heterocycles. The Balaban J connectivity index is 1.27. The van der Waals surface area contributed by atoms with E-state index in [1.165, 1.54) is 154 Å². The van der Waals surface area contributed by atoms with E-state index in [1.807, 2.05) is 11.3 Å². The summed E-state index contributed by atoms with van der Waals surface area (Å²) in [4.78, 5) is 5.55. The van der Waals surface area contributed by atoms with Gasteiger partial charge in [-0.15, -0.1) is 11.3 Å². The molecule has 0 unspecified atom stereocenters. The second-order valence-electron chi connectivity index (χ2n) is 29.4. The summed E-state index contributed by atoms with van der Waals surface area (Å²) in [6.45, 7) is 44.5. The smallest absolute Gasteiger partial charge is 0.252 e. The van der Waals surface area contributed by atoms with Crippen molar-refractivity contribution in [2.75, 3.05) is 9.80 Å². The Kier molecular flexibility index (Phi) is 10.0. The van der Waals surface area contributed by atoms with E-state index >= 15 is 0 Å². The highest BCUT2D eigenvalue weighted by molar-refractivity contribution is 7.26. The molecule has 3 aliphatic carbocycles. The third-order valence-electron chi connectivity index (χ3n) is 19.5. The normalized spacial score (nSPS) is 20.6. The average molecular weight is 969 g/mol. The van der Waals surface area contributed by atoms with Crippen molar-refractivity contribution in [2.45, 2.75) is 206 Å². The largest absolute Gasteiger partial charge is 0.311 e. The molecule has 0 bridgehead atoms. The first kappa shape index (κ1) is 48.2. The Bertz CT molecular complexity index is 3460. The second kappa shape index (κ2) is 15.0. The lowest BCUT2D eigenvalue weighted by molar-refractivity contribution is 0.332. The van der Waals surface area contributed by atoms with Crippen LogP contribution >= 0.6 is 11.3 Å². The van der Waals surface area contributed by atoms with Gasteiger partial charge in [-0.1, -0.05) is 167 Å². The molecule has 0 fully saturated rings. The zero-order valence-electron chi connectivity index (χ0n) is 47.3. The van der Waals surface area contributed by atoms with Crippen LogP contribution in [0.25, 0.3) is 20.2 Å². The molecule has 0 N–H and O–H groups in total. The van der Waals surface area contributed by atoms with Gasteiger partial charge in [-0.3, -0.25) is 0 Å². The van der Waals surface area contributed by atoms with E-state index in [9.17, 15) is 0 Å². The quantitative estimate of drug-likeness (QED) is 0.159. The van der Waals surface area contributed by atoms with Gasteiger partial charge in [-0.2, -0.15) is 0 Å². The van der Waals surface area contributed by atoms with Gasteiger partial charge in [-0.25, -0.2) is 0 Å². The summed E-state index contributed by atoms with van der Waals surface area (Å²) in [7, 11) is 0. The van der Waals surface area contributed by atoms with Crippen LogP contribution in [0.5, 0.6) is 0 Å². The summed E-state index contributed by atoms with van der Waals surface area (Å²) >= 11 is 1.99. The molecular formula is C68H81BN2S. The highest BCUT2D eigenvalue weighted by Crippen LogP contribution is 2.56. The summed E-state index contributed by atoms with van der Waals surface area (Å²) in [6.07, 6.45) is 7.11. The zero-order chi connectivity index (χ0) is 51.4. The molecule has 0 spiro atoms. The topological polar surface area (TPSA) is 6.48 Å². The molecule has 0 saturated carbocycles. The minimum absolute atomic E-state index is 0.0319. The molecule has 2 aliphatic heterocycles. The van der Waals surface area contributed by atoms with E-state index < -0.39 is 0 Å². The van der Waals surface area contributed by atoms with Crippen molar-refractivity contribution < 1.29 is 0 Å². The summed E-state index contributed by atoms with van der Waals surface area (Å²) in [6, 6.07) is 38.0. The van der Waals surface area contributed by atoms with Crippen LogP contribution in [0.15, 0.2) is 91.0 Å². The molecule has 0 atom stereocenters. The molecular weight excluding hydrogens is 888 g/mol. The molecule has 5 aliphatic rings. The standard InChI is InChI=1S/C68H81BN2S/c1-61(2,3)40-33-55-59-56(34-40)71(52-26-25-44(62(4,5)6)58-42-21-19-20-22-57(42)72-60(52)58)54-39-49-47(66(13,14)30-32-68(49,17)18)37-51(54)69(59)50-36-46-48(67(15,16)31-29-65(46,11)12)38-53(50)70(55)41-23-24-43-45(35-41)64(9,10)28-27-63(43,7)8/h19-26,33-39H,27-32H2,1-18H3. The van der Waals surface area contributed by atoms with E-state index in [0.717, 1.165) is 0 Å². The minimum Gasteiger partial charge on any atom is -0.311 e. The van der Waals surface area contributed by atoms with Crippen LogP contribution in [-0.2, 0) is 43.3 Å². The van der Waals surface area contributed by atoms with Gasteiger partial charge in [-0.05, 0) is 191 Å². The van der Waals surface area contributed by atoms with Crippen molar-refractivity contribution in [1.29, 1.82) is 0 Å². The van der Waals surface area contributed by atoms with Gasteiger partial charge in [0.25, 0.3) is 6.71 Å². The van der Waals surface area contributed by atoms with Gasteiger partial charge in [0.2, 0.25) is 0 Å². The summed E-state index contributed by atoms with van der Waals surface area (Å²) in [5, 5.41) is 2.78. The molecule has 0 radical (unpaired) electrons. The number of thiophene rings is 1. The lowest BCUT2D eigenvalue weighted by Gasteiger charge is -2.49. The van der Waals surface area contributed by atoms with E-state index in [2.05, 4.69) is 225 Å². The maximum absolute atomic E-state index is 2.79. The lowest BCUT2D eigenvalue weighted by atomic mass is 9.32. The molecule has 3 heterocycles. The molecule has 12 rings (SSSR count). The van der Waals surface area contributed by atoms with Crippen LogP contribution in [0.1, 0.15) is 208 Å². The number of hydrogen-bond acceptors (Lipinski definition) is 3. The van der Waals surface area contributed by atoms with Gasteiger partial charge in [0.15, 0.2) is 0 Å². The maximum atomic E-state index is 2.79. The zero-order valence-corrected chi connectivity index (χ0v) is 48.1. The number of anilines is 6. The Morgan fingerprint density at radius 1 is 0.431 bits per heavy atom. The second-order valence-corrected chi connectivity index (χ2v) is 30.5. The van der Waals surface area contributed by atoms with Gasteiger partial charge in [0, 0.05) is 43.9 Å². The van der Waals surface area contributed by atoms with Crippen molar-refractivity contribution in [1.82, 2.24) is 0 Å². The Morgan fingerprint density at radius 3 is 1.40 bits per heavy atom. The molecule has 4 heteroatoms. The first-order valence-corrected chi connectivity index (χ1v) is 28.5. The minimum atomic E-state index is -0.118. The van der Waals surface area contributed by atoms with E-state index in [4.69, 9.17) is 0 Å². The molecule has 2 nitrogen and oxygen atoms in total. The summed E-state index contributed by atoms with van der Waals surface area (Å²) in [5.74, 6) is 0. The predicted molar refractivity (Wildman–Crippen MR) is 317 cm³/mol. The fraction of sp³-hybridized carbons (Fsp3) is 0.471. The van der Waals surface area contributed by atoms with Crippen molar-refractivity contribution >= 4 is 88.7 Å². The Labute approximate surface area is 438 Å². The average Bonchev–Trinajstić information content (AvgIpc) is 3.69. The SMILES string of the molecule is CC(C)(C)c1cc2c3c(c1)N(c1ccc(C(C)(C)C)c4c1sc1ccccc14)c1cc4c(cc1B3c1cc3c(cc1N2c1ccc2c(c1)C(C)(C)CCC2(C)C)C(C)(C)CCC3(C)C)C(C)(C)CCC4(C)C. The molecule has 7 aromatic rings. The maximum Gasteiger partial charge on any atom is 0.252 e. The highest BCUT2D eigenvalue weighted by Gasteiger charge is 2.50. The van der Waals surface area contributed by atoms with Gasteiger partial charge >= 0.3 is 0 Å². The monoisotopic (exact) mass is 969 g/mol. The van der Waals surface area contributed by atoms with Crippen molar-refractivity contribution in [3.8, 4) is 0 Å².